The fraction of sp³-hybridized carbons (Fsp3) is 0.261. The fourth-order valence-electron chi connectivity index (χ4n) is 5.15. The van der Waals surface area contributed by atoms with Gasteiger partial charge in [-0.05, 0) is 54.7 Å². The molecule has 1 fully saturated rings. The number of rotatable bonds is 4. The molecule has 0 amide bonds. The van der Waals surface area contributed by atoms with E-state index in [4.69, 9.17) is 21.3 Å². The lowest BCUT2D eigenvalue weighted by Gasteiger charge is -2.23. The molecule has 6 heteroatoms. The number of hydroxylamine groups is 1. The first-order chi connectivity index (χ1) is 14.0. The first-order valence-corrected chi connectivity index (χ1v) is 9.87. The number of benzene rings is 1. The monoisotopic (exact) mass is 385 g/mol. The van der Waals surface area contributed by atoms with Crippen molar-refractivity contribution in [2.24, 2.45) is 0 Å². The predicted molar refractivity (Wildman–Crippen MR) is 115 cm³/mol. The molecule has 2 aromatic heterocycles. The number of nitrogen functional groups attached to an aromatic ring is 1. The lowest BCUT2D eigenvalue weighted by atomic mass is 9.84. The third-order valence-electron chi connectivity index (χ3n) is 6.40. The van der Waals surface area contributed by atoms with E-state index in [0.29, 0.717) is 29.1 Å². The average Bonchev–Trinajstić information content (AvgIpc) is 3.35. The summed E-state index contributed by atoms with van der Waals surface area (Å²) in [5, 5.41) is 18.4. The van der Waals surface area contributed by atoms with Gasteiger partial charge in [-0.25, -0.2) is 9.97 Å². The number of hydrogen-bond donors (Lipinski definition) is 4. The van der Waals surface area contributed by atoms with Gasteiger partial charge in [0.25, 0.3) is 0 Å². The summed E-state index contributed by atoms with van der Waals surface area (Å²) in [4.78, 5) is 9.34. The maximum Gasteiger partial charge on any atom is 0.133 e. The van der Waals surface area contributed by atoms with E-state index in [1.165, 1.54) is 24.0 Å². The normalized spacial score (nSPS) is 19.4. The van der Waals surface area contributed by atoms with E-state index in [9.17, 15) is 0 Å². The van der Waals surface area contributed by atoms with Crippen LogP contribution in [0, 0.1) is 5.41 Å². The van der Waals surface area contributed by atoms with Crippen LogP contribution < -0.4 is 11.2 Å². The molecular weight excluding hydrogens is 362 g/mol. The van der Waals surface area contributed by atoms with Gasteiger partial charge < -0.3 is 11.1 Å². The molecular formula is C23H23N5O. The molecule has 2 bridgehead atoms. The summed E-state index contributed by atoms with van der Waals surface area (Å²) in [6.45, 7) is 5.56. The van der Waals surface area contributed by atoms with Crippen molar-refractivity contribution in [1.29, 1.82) is 5.41 Å². The Morgan fingerprint density at radius 3 is 2.55 bits per heavy atom. The predicted octanol–water partition coefficient (Wildman–Crippen LogP) is 4.58. The van der Waals surface area contributed by atoms with Gasteiger partial charge in [-0.2, -0.15) is 0 Å². The summed E-state index contributed by atoms with van der Waals surface area (Å²) >= 11 is 0. The number of aromatic nitrogens is 2. The summed E-state index contributed by atoms with van der Waals surface area (Å²) in [7, 11) is 0. The van der Waals surface area contributed by atoms with Crippen LogP contribution >= 0.6 is 0 Å². The lowest BCUT2D eigenvalue weighted by molar-refractivity contribution is 0.225. The van der Waals surface area contributed by atoms with E-state index in [1.54, 1.807) is 13.1 Å². The van der Waals surface area contributed by atoms with Crippen LogP contribution in [0.2, 0.25) is 0 Å². The Hall–Kier alpha value is -3.25. The molecule has 0 radical (unpaired) electrons. The summed E-state index contributed by atoms with van der Waals surface area (Å²) in [5.74, 6) is 1.41. The average molecular weight is 385 g/mol. The molecule has 5 rings (SSSR count). The van der Waals surface area contributed by atoms with Crippen molar-refractivity contribution in [2.45, 2.75) is 38.0 Å². The topological polar surface area (TPSA) is 108 Å². The van der Waals surface area contributed by atoms with Gasteiger partial charge in [0.15, 0.2) is 0 Å². The smallest absolute Gasteiger partial charge is 0.133 e. The molecule has 29 heavy (non-hydrogen) atoms. The van der Waals surface area contributed by atoms with Gasteiger partial charge in [0.1, 0.15) is 5.82 Å². The van der Waals surface area contributed by atoms with Crippen molar-refractivity contribution in [3.63, 3.8) is 0 Å². The molecule has 2 unspecified atom stereocenters. The molecule has 2 heterocycles. The zero-order valence-electron chi connectivity index (χ0n) is 16.3. The maximum absolute atomic E-state index is 9.09. The van der Waals surface area contributed by atoms with Crippen molar-refractivity contribution < 1.29 is 5.21 Å². The quantitative estimate of drug-likeness (QED) is 0.388. The summed E-state index contributed by atoms with van der Waals surface area (Å²) < 4.78 is 0. The van der Waals surface area contributed by atoms with E-state index >= 15 is 0 Å². The molecule has 3 aromatic rings. The van der Waals surface area contributed by atoms with Crippen molar-refractivity contribution >= 4 is 28.1 Å². The van der Waals surface area contributed by atoms with E-state index < -0.39 is 0 Å². The van der Waals surface area contributed by atoms with Gasteiger partial charge in [-0.3, -0.25) is 10.7 Å². The fourth-order valence-corrected chi connectivity index (χ4v) is 5.15. The first-order valence-electron chi connectivity index (χ1n) is 9.87. The molecule has 5 N–H and O–H groups in total. The minimum absolute atomic E-state index is 0.406. The number of fused-ring (bicyclic) bond motifs is 7. The highest BCUT2D eigenvalue weighted by molar-refractivity contribution is 6.13. The summed E-state index contributed by atoms with van der Waals surface area (Å²) in [6.07, 6.45) is 5.24. The summed E-state index contributed by atoms with van der Waals surface area (Å²) in [5.41, 5.74) is 16.2. The van der Waals surface area contributed by atoms with Crippen LogP contribution in [0.25, 0.3) is 27.9 Å². The Balaban J connectivity index is 1.79. The van der Waals surface area contributed by atoms with Gasteiger partial charge in [0.2, 0.25) is 0 Å². The SMILES string of the molecule is C=C(NO)c1ccc(-c2nc3cnc(N)c(C(C)=N)c3c3c2C2CCC3C2)cc1. The van der Waals surface area contributed by atoms with Gasteiger partial charge in [0.05, 0.1) is 23.1 Å². The highest BCUT2D eigenvalue weighted by atomic mass is 16.5. The highest BCUT2D eigenvalue weighted by Gasteiger charge is 2.41. The Kier molecular flexibility index (Phi) is 3.93. The van der Waals surface area contributed by atoms with Crippen LogP contribution in [0.3, 0.4) is 0 Å². The first kappa shape index (κ1) is 17.8. The van der Waals surface area contributed by atoms with Gasteiger partial charge >= 0.3 is 0 Å². The van der Waals surface area contributed by atoms with Crippen molar-refractivity contribution in [3.8, 4) is 11.3 Å². The van der Waals surface area contributed by atoms with Crippen LogP contribution in [0.5, 0.6) is 0 Å². The van der Waals surface area contributed by atoms with Crippen molar-refractivity contribution in [2.75, 3.05) is 5.73 Å². The zero-order valence-corrected chi connectivity index (χ0v) is 16.3. The van der Waals surface area contributed by atoms with Crippen LogP contribution in [0.1, 0.15) is 60.3 Å². The number of pyridine rings is 2. The lowest BCUT2D eigenvalue weighted by Crippen LogP contribution is -2.10. The van der Waals surface area contributed by atoms with Crippen LogP contribution in [0.15, 0.2) is 37.0 Å². The minimum atomic E-state index is 0.406. The number of nitrogens with one attached hydrogen (secondary N) is 2. The molecule has 0 spiro atoms. The highest BCUT2D eigenvalue weighted by Crippen LogP contribution is 2.57. The molecule has 146 valence electrons. The van der Waals surface area contributed by atoms with E-state index in [-0.39, 0.29) is 0 Å². The number of hydrogen-bond acceptors (Lipinski definition) is 6. The largest absolute Gasteiger partial charge is 0.383 e. The molecule has 6 nitrogen and oxygen atoms in total. The Morgan fingerprint density at radius 1 is 1.21 bits per heavy atom. The third-order valence-corrected chi connectivity index (χ3v) is 6.40. The number of nitrogens with zero attached hydrogens (tertiary/aromatic N) is 2. The molecule has 0 saturated heterocycles. The van der Waals surface area contributed by atoms with Crippen molar-refractivity contribution in [3.05, 3.63) is 59.3 Å². The molecule has 1 aromatic carbocycles. The second kappa shape index (κ2) is 6.39. The standard InChI is InChI=1S/C23H23N5O/c1-11(24)18-21-17(10-26-23(18)25)27-22(20-16-8-7-15(9-16)19(20)21)14-5-3-13(4-6-14)12(2)28-29/h3-6,10,15-16,24,28-29H,2,7-9H2,1H3,(H2,25,26). The number of anilines is 1. The molecule has 2 aliphatic rings. The van der Waals surface area contributed by atoms with Crippen LogP contribution in [0.4, 0.5) is 5.82 Å². The zero-order chi connectivity index (χ0) is 20.3. The maximum atomic E-state index is 9.09. The molecule has 2 aliphatic carbocycles. The van der Waals surface area contributed by atoms with Crippen LogP contribution in [-0.2, 0) is 0 Å². The van der Waals surface area contributed by atoms with E-state index in [2.05, 4.69) is 17.0 Å². The van der Waals surface area contributed by atoms with E-state index in [1.807, 2.05) is 24.3 Å². The Labute approximate surface area is 169 Å². The molecule has 2 atom stereocenters. The third kappa shape index (κ3) is 2.56. The number of nitrogens with two attached hydrogens (primary N) is 1. The van der Waals surface area contributed by atoms with Crippen molar-refractivity contribution in [1.82, 2.24) is 15.4 Å². The Morgan fingerprint density at radius 2 is 1.90 bits per heavy atom. The molecule has 1 saturated carbocycles. The van der Waals surface area contributed by atoms with Gasteiger partial charge in [-0.1, -0.05) is 30.8 Å². The van der Waals surface area contributed by atoms with Gasteiger partial charge in [-0.15, -0.1) is 0 Å². The molecule has 0 aliphatic heterocycles. The van der Waals surface area contributed by atoms with Crippen LogP contribution in [-0.4, -0.2) is 20.9 Å². The minimum Gasteiger partial charge on any atom is -0.383 e. The second-order valence-electron chi connectivity index (χ2n) is 8.07. The van der Waals surface area contributed by atoms with Gasteiger partial charge in [0, 0.05) is 22.2 Å². The Bertz CT molecular complexity index is 1180. The van der Waals surface area contributed by atoms with E-state index in [0.717, 1.165) is 39.7 Å². The second-order valence-corrected chi connectivity index (χ2v) is 8.07. The summed E-state index contributed by atoms with van der Waals surface area (Å²) in [6, 6.07) is 7.90.